The first-order chi connectivity index (χ1) is 16.4. The number of carbonyl (C=O) groups is 4. The lowest BCUT2D eigenvalue weighted by Gasteiger charge is -2.31. The number of hydrogen-bond acceptors (Lipinski definition) is 5. The van der Waals surface area contributed by atoms with Crippen molar-refractivity contribution in [3.8, 4) is 0 Å². The molecular weight excluding hydrogens is 436 g/mol. The van der Waals surface area contributed by atoms with Gasteiger partial charge in [-0.1, -0.05) is 42.5 Å². The molecule has 4 rings (SSSR count). The monoisotopic (exact) mass is 466 g/mol. The Kier molecular flexibility index (Phi) is 8.75. The Morgan fingerprint density at radius 2 is 1.71 bits per heavy atom. The Labute approximate surface area is 198 Å². The number of nitrogens with one attached hydrogen (secondary N) is 2. The fraction of sp³-hybridized carbons (Fsp3) is 0.360. The number of carbonyl (C=O) groups excluding carboxylic acids is 3. The molecule has 0 saturated carbocycles. The molecule has 9 nitrogen and oxygen atoms in total. The van der Waals surface area contributed by atoms with E-state index in [-0.39, 0.29) is 18.3 Å². The van der Waals surface area contributed by atoms with E-state index in [0.29, 0.717) is 23.7 Å². The van der Waals surface area contributed by atoms with Gasteiger partial charge in [-0.25, -0.2) is 9.69 Å². The Morgan fingerprint density at radius 3 is 2.32 bits per heavy atom. The number of nitrogens with zero attached hydrogens (tertiary/aromatic N) is 2. The Morgan fingerprint density at radius 1 is 1.09 bits per heavy atom. The van der Waals surface area contributed by atoms with Gasteiger partial charge in [0.25, 0.3) is 12.4 Å². The van der Waals surface area contributed by atoms with Crippen molar-refractivity contribution in [2.75, 3.05) is 23.3 Å². The molecule has 0 bridgehead atoms. The number of urea groups is 1. The minimum absolute atomic E-state index is 0.0888. The molecule has 1 atom stereocenters. The Bertz CT molecular complexity index is 1010. The third-order valence-corrected chi connectivity index (χ3v) is 5.98. The molecule has 2 fully saturated rings. The predicted molar refractivity (Wildman–Crippen MR) is 128 cm³/mol. The van der Waals surface area contributed by atoms with Crippen molar-refractivity contribution in [3.63, 3.8) is 0 Å². The van der Waals surface area contributed by atoms with Crippen molar-refractivity contribution >= 4 is 35.7 Å². The van der Waals surface area contributed by atoms with Crippen LogP contribution in [0.5, 0.6) is 0 Å². The number of rotatable bonds is 6. The molecule has 9 heteroatoms. The summed E-state index contributed by atoms with van der Waals surface area (Å²) >= 11 is 0. The summed E-state index contributed by atoms with van der Waals surface area (Å²) < 4.78 is 0. The molecule has 0 radical (unpaired) electrons. The van der Waals surface area contributed by atoms with E-state index in [1.165, 1.54) is 5.56 Å². The number of likely N-dealkylation sites (tertiary alicyclic amines) is 1. The lowest BCUT2D eigenvalue weighted by Crippen LogP contribution is -2.35. The molecule has 0 spiro atoms. The highest BCUT2D eigenvalue weighted by atomic mass is 16.3. The first kappa shape index (κ1) is 24.9. The van der Waals surface area contributed by atoms with Crippen molar-refractivity contribution < 1.29 is 24.3 Å². The van der Waals surface area contributed by atoms with Crippen molar-refractivity contribution in [1.29, 1.82) is 0 Å². The molecule has 2 aliphatic rings. The predicted octanol–water partition coefficient (Wildman–Crippen LogP) is 3.07. The molecule has 2 aliphatic heterocycles. The van der Waals surface area contributed by atoms with Crippen LogP contribution in [0.25, 0.3) is 0 Å². The van der Waals surface area contributed by atoms with Gasteiger partial charge in [-0.3, -0.25) is 19.3 Å². The van der Waals surface area contributed by atoms with Gasteiger partial charge in [-0.2, -0.15) is 0 Å². The molecule has 2 heterocycles. The largest absolute Gasteiger partial charge is 0.483 e. The van der Waals surface area contributed by atoms with Crippen LogP contribution in [0.3, 0.4) is 0 Å². The van der Waals surface area contributed by atoms with Gasteiger partial charge in [0.05, 0.1) is 11.4 Å². The third kappa shape index (κ3) is 6.41. The highest BCUT2D eigenvalue weighted by Gasteiger charge is 2.37. The van der Waals surface area contributed by atoms with Gasteiger partial charge in [-0.05, 0) is 56.5 Å². The molecule has 2 aromatic carbocycles. The first-order valence-electron chi connectivity index (χ1n) is 11.3. The summed E-state index contributed by atoms with van der Waals surface area (Å²) in [6.07, 6.45) is 2.39. The maximum Gasteiger partial charge on any atom is 0.329 e. The second-order valence-electron chi connectivity index (χ2n) is 8.42. The lowest BCUT2D eigenvalue weighted by molar-refractivity contribution is -0.123. The number of piperidine rings is 1. The highest BCUT2D eigenvalue weighted by Crippen LogP contribution is 2.29. The SMILES string of the molecule is CC1NC(=O)N(c2ccccc2NC(=O)CC2CCN(Cc3ccccc3)CC2)C1=O.O=CO. The zero-order valence-electron chi connectivity index (χ0n) is 19.1. The van der Waals surface area contributed by atoms with Crippen LogP contribution in [0.2, 0.25) is 0 Å². The summed E-state index contributed by atoms with van der Waals surface area (Å²) in [7, 11) is 0. The maximum absolute atomic E-state index is 12.7. The summed E-state index contributed by atoms with van der Waals surface area (Å²) in [5.41, 5.74) is 2.19. The molecule has 0 aromatic heterocycles. The van der Waals surface area contributed by atoms with Crippen LogP contribution in [0.4, 0.5) is 16.2 Å². The van der Waals surface area contributed by atoms with Crippen LogP contribution in [0.1, 0.15) is 31.7 Å². The van der Waals surface area contributed by atoms with E-state index < -0.39 is 12.1 Å². The fourth-order valence-electron chi connectivity index (χ4n) is 4.26. The van der Waals surface area contributed by atoms with E-state index in [4.69, 9.17) is 9.90 Å². The van der Waals surface area contributed by atoms with E-state index in [9.17, 15) is 14.4 Å². The number of hydrogen-bond donors (Lipinski definition) is 3. The van der Waals surface area contributed by atoms with E-state index in [2.05, 4.69) is 39.8 Å². The standard InChI is InChI=1S/C24H28N4O3.CH2O2/c1-17-23(30)28(24(31)25-17)21-10-6-5-9-20(21)26-22(29)15-18-11-13-27(14-12-18)16-19-7-3-2-4-8-19;2-1-3/h2-10,17-18H,11-16H2,1H3,(H,25,31)(H,26,29);1H,(H,2,3). The Balaban J connectivity index is 0.00000103. The van der Waals surface area contributed by atoms with Crippen molar-refractivity contribution in [1.82, 2.24) is 10.2 Å². The number of carboxylic acid groups (broad SMARTS) is 1. The minimum Gasteiger partial charge on any atom is -0.483 e. The maximum atomic E-state index is 12.7. The number of amides is 4. The second-order valence-corrected chi connectivity index (χ2v) is 8.42. The van der Waals surface area contributed by atoms with Gasteiger partial charge in [0.2, 0.25) is 5.91 Å². The van der Waals surface area contributed by atoms with Crippen molar-refractivity contribution in [2.24, 2.45) is 5.92 Å². The van der Waals surface area contributed by atoms with Gasteiger partial charge in [0.15, 0.2) is 0 Å². The summed E-state index contributed by atoms with van der Waals surface area (Å²) in [6, 6.07) is 16.3. The van der Waals surface area contributed by atoms with Crippen LogP contribution in [-0.4, -0.2) is 53.5 Å². The first-order valence-corrected chi connectivity index (χ1v) is 11.3. The van der Waals surface area contributed by atoms with Gasteiger partial charge >= 0.3 is 6.03 Å². The van der Waals surface area contributed by atoms with Crippen LogP contribution < -0.4 is 15.5 Å². The molecule has 0 aliphatic carbocycles. The normalized spacial score (nSPS) is 18.6. The Hall–Kier alpha value is -3.72. The van der Waals surface area contributed by atoms with Crippen LogP contribution >= 0.6 is 0 Å². The average Bonchev–Trinajstić information content (AvgIpc) is 3.08. The quantitative estimate of drug-likeness (QED) is 0.445. The molecule has 4 amide bonds. The number of benzene rings is 2. The minimum atomic E-state index is -0.572. The lowest BCUT2D eigenvalue weighted by atomic mass is 9.93. The van der Waals surface area contributed by atoms with E-state index in [0.717, 1.165) is 37.4 Å². The summed E-state index contributed by atoms with van der Waals surface area (Å²) in [6.45, 7) is 4.29. The molecule has 34 heavy (non-hydrogen) atoms. The topological polar surface area (TPSA) is 119 Å². The molecule has 2 saturated heterocycles. The van der Waals surface area contributed by atoms with Crippen LogP contribution in [0.15, 0.2) is 54.6 Å². The average molecular weight is 467 g/mol. The molecule has 1 unspecified atom stereocenters. The van der Waals surface area contributed by atoms with Gasteiger partial charge in [-0.15, -0.1) is 0 Å². The summed E-state index contributed by atoms with van der Waals surface area (Å²) in [5.74, 6) is -0.0810. The zero-order valence-corrected chi connectivity index (χ0v) is 19.1. The fourth-order valence-corrected chi connectivity index (χ4v) is 4.26. The molecule has 3 N–H and O–H groups in total. The van der Waals surface area contributed by atoms with Gasteiger partial charge in [0.1, 0.15) is 6.04 Å². The zero-order chi connectivity index (χ0) is 24.5. The smallest absolute Gasteiger partial charge is 0.329 e. The highest BCUT2D eigenvalue weighted by molar-refractivity contribution is 6.23. The molecule has 180 valence electrons. The summed E-state index contributed by atoms with van der Waals surface area (Å²) in [4.78, 5) is 49.2. The number of anilines is 2. The van der Waals surface area contributed by atoms with Gasteiger partial charge < -0.3 is 15.7 Å². The van der Waals surface area contributed by atoms with Crippen molar-refractivity contribution in [2.45, 2.75) is 38.8 Å². The van der Waals surface area contributed by atoms with Crippen molar-refractivity contribution in [3.05, 3.63) is 60.2 Å². The number of para-hydroxylation sites is 2. The van der Waals surface area contributed by atoms with E-state index >= 15 is 0 Å². The van der Waals surface area contributed by atoms with Gasteiger partial charge in [0, 0.05) is 13.0 Å². The van der Waals surface area contributed by atoms with E-state index in [1.807, 2.05) is 6.07 Å². The van der Waals surface area contributed by atoms with E-state index in [1.54, 1.807) is 31.2 Å². The molecular formula is C25H30N4O5. The third-order valence-electron chi connectivity index (χ3n) is 5.98. The number of imide groups is 1. The second kappa shape index (κ2) is 11.9. The summed E-state index contributed by atoms with van der Waals surface area (Å²) in [5, 5.41) is 12.4. The molecule has 2 aromatic rings. The van der Waals surface area contributed by atoms with Crippen LogP contribution in [0, 0.1) is 5.92 Å². The van der Waals surface area contributed by atoms with Crippen LogP contribution in [-0.2, 0) is 20.9 Å².